The van der Waals surface area contributed by atoms with Crippen molar-refractivity contribution in [2.75, 3.05) is 18.4 Å². The second-order valence-electron chi connectivity index (χ2n) is 6.75. The first kappa shape index (κ1) is 19.4. The highest BCUT2D eigenvalue weighted by molar-refractivity contribution is 7.89. The number of carbonyl (C=O) groups excluding carboxylic acids is 1. The molecule has 0 aliphatic carbocycles. The number of benzene rings is 1. The van der Waals surface area contributed by atoms with Crippen LogP contribution in [0.1, 0.15) is 40.2 Å². The maximum atomic E-state index is 14.2. The van der Waals surface area contributed by atoms with E-state index >= 15 is 0 Å². The molecule has 27 heavy (non-hydrogen) atoms. The summed E-state index contributed by atoms with van der Waals surface area (Å²) in [6.45, 7) is 6.23. The van der Waals surface area contributed by atoms with Gasteiger partial charge in [-0.1, -0.05) is 0 Å². The standard InChI is InChI=1S/C19H22FN3O3S/c1-12-10-13(2)21-14(3)18(12)22-19(24)15-6-7-16(20)17(11-15)27(25,26)23-8-4-5-9-23/h6-7,10-11H,4-5,8-9H2,1-3H3,(H,22,24). The molecule has 1 aliphatic heterocycles. The van der Waals surface area contributed by atoms with E-state index < -0.39 is 26.6 Å². The number of aromatic nitrogens is 1. The third kappa shape index (κ3) is 3.86. The van der Waals surface area contributed by atoms with Crippen molar-refractivity contribution in [1.82, 2.24) is 9.29 Å². The Labute approximate surface area is 158 Å². The van der Waals surface area contributed by atoms with Crippen LogP contribution in [-0.2, 0) is 10.0 Å². The number of anilines is 1. The SMILES string of the molecule is Cc1cc(C)c(NC(=O)c2ccc(F)c(S(=O)(=O)N3CCCC3)c2)c(C)n1. The van der Waals surface area contributed by atoms with Crippen LogP contribution in [0, 0.1) is 26.6 Å². The molecule has 3 rings (SSSR count). The van der Waals surface area contributed by atoms with Gasteiger partial charge in [-0.25, -0.2) is 12.8 Å². The lowest BCUT2D eigenvalue weighted by molar-refractivity contribution is 0.102. The van der Waals surface area contributed by atoms with Crippen LogP contribution in [0.15, 0.2) is 29.2 Å². The number of pyridine rings is 1. The van der Waals surface area contributed by atoms with Gasteiger partial charge in [0.25, 0.3) is 5.91 Å². The van der Waals surface area contributed by atoms with Crippen molar-refractivity contribution in [2.24, 2.45) is 0 Å². The van der Waals surface area contributed by atoms with Gasteiger partial charge >= 0.3 is 0 Å². The zero-order valence-corrected chi connectivity index (χ0v) is 16.4. The van der Waals surface area contributed by atoms with Crippen LogP contribution in [0.5, 0.6) is 0 Å². The molecule has 1 saturated heterocycles. The van der Waals surface area contributed by atoms with Gasteiger partial charge in [0.15, 0.2) is 0 Å². The summed E-state index contributed by atoms with van der Waals surface area (Å²) < 4.78 is 40.8. The van der Waals surface area contributed by atoms with Gasteiger partial charge in [-0.3, -0.25) is 9.78 Å². The molecule has 1 aliphatic rings. The van der Waals surface area contributed by atoms with Crippen molar-refractivity contribution in [1.29, 1.82) is 0 Å². The van der Waals surface area contributed by atoms with Crippen molar-refractivity contribution in [3.05, 3.63) is 52.6 Å². The predicted octanol–water partition coefficient (Wildman–Crippen LogP) is 3.18. The fourth-order valence-corrected chi connectivity index (χ4v) is 4.92. The van der Waals surface area contributed by atoms with E-state index in [-0.39, 0.29) is 5.56 Å². The zero-order valence-electron chi connectivity index (χ0n) is 15.5. The van der Waals surface area contributed by atoms with Gasteiger partial charge in [0.1, 0.15) is 10.7 Å². The number of carbonyl (C=O) groups is 1. The Morgan fingerprint density at radius 2 is 1.81 bits per heavy atom. The molecule has 1 N–H and O–H groups in total. The van der Waals surface area contributed by atoms with Crippen LogP contribution >= 0.6 is 0 Å². The van der Waals surface area contributed by atoms with E-state index in [1.165, 1.54) is 10.4 Å². The second kappa shape index (κ2) is 7.36. The highest BCUT2D eigenvalue weighted by Gasteiger charge is 2.30. The van der Waals surface area contributed by atoms with Crippen molar-refractivity contribution in [3.63, 3.8) is 0 Å². The van der Waals surface area contributed by atoms with Crippen molar-refractivity contribution >= 4 is 21.6 Å². The van der Waals surface area contributed by atoms with E-state index in [1.807, 2.05) is 19.9 Å². The summed E-state index contributed by atoms with van der Waals surface area (Å²) in [6, 6.07) is 5.24. The van der Waals surface area contributed by atoms with Gasteiger partial charge in [0.2, 0.25) is 10.0 Å². The van der Waals surface area contributed by atoms with Gasteiger partial charge in [0.05, 0.1) is 11.4 Å². The number of amides is 1. The monoisotopic (exact) mass is 391 g/mol. The van der Waals surface area contributed by atoms with Crippen LogP contribution in [0.2, 0.25) is 0 Å². The van der Waals surface area contributed by atoms with E-state index in [0.717, 1.165) is 36.2 Å². The maximum absolute atomic E-state index is 14.2. The molecular weight excluding hydrogens is 369 g/mol. The summed E-state index contributed by atoms with van der Waals surface area (Å²) in [5.74, 6) is -1.37. The van der Waals surface area contributed by atoms with Gasteiger partial charge < -0.3 is 5.32 Å². The number of hydrogen-bond acceptors (Lipinski definition) is 4. The van der Waals surface area contributed by atoms with Crippen molar-refractivity contribution < 1.29 is 17.6 Å². The Morgan fingerprint density at radius 3 is 2.44 bits per heavy atom. The van der Waals surface area contributed by atoms with Gasteiger partial charge in [0, 0.05) is 24.3 Å². The topological polar surface area (TPSA) is 79.4 Å². The number of halogens is 1. The fourth-order valence-electron chi connectivity index (χ4n) is 3.31. The molecule has 0 atom stereocenters. The molecule has 0 saturated carbocycles. The third-order valence-corrected chi connectivity index (χ3v) is 6.55. The largest absolute Gasteiger partial charge is 0.320 e. The summed E-state index contributed by atoms with van der Waals surface area (Å²) >= 11 is 0. The normalized spacial score (nSPS) is 15.1. The van der Waals surface area contributed by atoms with Gasteiger partial charge in [-0.15, -0.1) is 0 Å². The van der Waals surface area contributed by atoms with Crippen LogP contribution < -0.4 is 5.32 Å². The molecule has 1 fully saturated rings. The Bertz CT molecular complexity index is 976. The first-order valence-electron chi connectivity index (χ1n) is 8.76. The van der Waals surface area contributed by atoms with Crippen LogP contribution in [0.25, 0.3) is 0 Å². The lowest BCUT2D eigenvalue weighted by Gasteiger charge is -2.17. The van der Waals surface area contributed by atoms with E-state index in [0.29, 0.717) is 24.5 Å². The summed E-state index contributed by atoms with van der Waals surface area (Å²) in [7, 11) is -3.95. The first-order chi connectivity index (χ1) is 12.7. The quantitative estimate of drug-likeness (QED) is 0.868. The summed E-state index contributed by atoms with van der Waals surface area (Å²) in [5, 5.41) is 2.76. The molecule has 2 heterocycles. The molecule has 144 valence electrons. The molecule has 8 heteroatoms. The molecule has 0 bridgehead atoms. The number of aryl methyl sites for hydroxylation is 3. The van der Waals surface area contributed by atoms with E-state index in [1.54, 1.807) is 6.92 Å². The average Bonchev–Trinajstić information content (AvgIpc) is 3.13. The molecule has 0 radical (unpaired) electrons. The van der Waals surface area contributed by atoms with Crippen LogP contribution in [0.4, 0.5) is 10.1 Å². The first-order valence-corrected chi connectivity index (χ1v) is 10.2. The van der Waals surface area contributed by atoms with Gasteiger partial charge in [-0.05, 0) is 63.4 Å². The lowest BCUT2D eigenvalue weighted by Crippen LogP contribution is -2.29. The van der Waals surface area contributed by atoms with E-state index in [4.69, 9.17) is 0 Å². The molecule has 6 nitrogen and oxygen atoms in total. The Kier molecular flexibility index (Phi) is 5.30. The Morgan fingerprint density at radius 1 is 1.15 bits per heavy atom. The average molecular weight is 391 g/mol. The Balaban J connectivity index is 1.93. The zero-order chi connectivity index (χ0) is 19.8. The second-order valence-corrected chi connectivity index (χ2v) is 8.66. The van der Waals surface area contributed by atoms with E-state index in [2.05, 4.69) is 10.3 Å². The van der Waals surface area contributed by atoms with Crippen molar-refractivity contribution in [3.8, 4) is 0 Å². The minimum Gasteiger partial charge on any atom is -0.320 e. The molecule has 1 aromatic carbocycles. The van der Waals surface area contributed by atoms with Crippen LogP contribution in [-0.4, -0.2) is 36.7 Å². The third-order valence-electron chi connectivity index (χ3n) is 4.64. The highest BCUT2D eigenvalue weighted by atomic mass is 32.2. The number of hydrogen-bond donors (Lipinski definition) is 1. The smallest absolute Gasteiger partial charge is 0.255 e. The molecule has 0 unspecified atom stereocenters. The number of nitrogens with zero attached hydrogens (tertiary/aromatic N) is 2. The number of nitrogens with one attached hydrogen (secondary N) is 1. The predicted molar refractivity (Wildman–Crippen MR) is 101 cm³/mol. The number of sulfonamides is 1. The maximum Gasteiger partial charge on any atom is 0.255 e. The minimum absolute atomic E-state index is 0.0774. The number of rotatable bonds is 4. The summed E-state index contributed by atoms with van der Waals surface area (Å²) in [6.07, 6.45) is 1.50. The lowest BCUT2D eigenvalue weighted by atomic mass is 10.1. The van der Waals surface area contributed by atoms with Gasteiger partial charge in [-0.2, -0.15) is 4.31 Å². The Hall–Kier alpha value is -2.32. The molecular formula is C19H22FN3O3S. The molecule has 2 aromatic rings. The minimum atomic E-state index is -3.95. The van der Waals surface area contributed by atoms with Crippen LogP contribution in [0.3, 0.4) is 0 Å². The molecule has 1 aromatic heterocycles. The fraction of sp³-hybridized carbons (Fsp3) is 0.368. The highest BCUT2D eigenvalue weighted by Crippen LogP contribution is 2.25. The molecule has 1 amide bonds. The summed E-state index contributed by atoms with van der Waals surface area (Å²) in [4.78, 5) is 16.5. The molecule has 0 spiro atoms. The van der Waals surface area contributed by atoms with Crippen molar-refractivity contribution in [2.45, 2.75) is 38.5 Å². The van der Waals surface area contributed by atoms with E-state index in [9.17, 15) is 17.6 Å². The summed E-state index contributed by atoms with van der Waals surface area (Å²) in [5.41, 5.74) is 2.99.